The highest BCUT2D eigenvalue weighted by Gasteiger charge is 2.44. The third kappa shape index (κ3) is 2.83. The quantitative estimate of drug-likeness (QED) is 0.926. The SMILES string of the molecule is CCCc1cnc(C)nc1N1CCCC2(CCc3cnc(N)nc32)C1. The van der Waals surface area contributed by atoms with E-state index in [0.717, 1.165) is 56.8 Å². The molecule has 3 heterocycles. The van der Waals surface area contributed by atoms with E-state index in [4.69, 9.17) is 10.7 Å². The Labute approximate surface area is 148 Å². The van der Waals surface area contributed by atoms with Crippen molar-refractivity contribution in [2.75, 3.05) is 23.7 Å². The van der Waals surface area contributed by atoms with Crippen LogP contribution in [0.2, 0.25) is 0 Å². The fraction of sp³-hybridized carbons (Fsp3) is 0.579. The number of aryl methyl sites for hydroxylation is 3. The van der Waals surface area contributed by atoms with Crippen molar-refractivity contribution < 1.29 is 0 Å². The molecular weight excluding hydrogens is 312 g/mol. The second kappa shape index (κ2) is 6.24. The molecule has 2 aromatic heterocycles. The van der Waals surface area contributed by atoms with Crippen LogP contribution in [0.15, 0.2) is 12.4 Å². The molecule has 0 bridgehead atoms. The topological polar surface area (TPSA) is 80.8 Å². The Bertz CT molecular complexity index is 785. The minimum atomic E-state index is 0.0903. The highest BCUT2D eigenvalue weighted by molar-refractivity contribution is 5.49. The molecule has 0 amide bonds. The maximum atomic E-state index is 5.89. The van der Waals surface area contributed by atoms with Crippen molar-refractivity contribution in [3.8, 4) is 0 Å². The summed E-state index contributed by atoms with van der Waals surface area (Å²) in [4.78, 5) is 20.5. The third-order valence-electron chi connectivity index (χ3n) is 5.62. The van der Waals surface area contributed by atoms with E-state index >= 15 is 0 Å². The largest absolute Gasteiger partial charge is 0.368 e. The summed E-state index contributed by atoms with van der Waals surface area (Å²) in [6, 6.07) is 0. The minimum Gasteiger partial charge on any atom is -0.368 e. The molecule has 132 valence electrons. The van der Waals surface area contributed by atoms with E-state index in [1.165, 1.54) is 23.2 Å². The molecule has 4 rings (SSSR count). The lowest BCUT2D eigenvalue weighted by molar-refractivity contribution is 0.333. The van der Waals surface area contributed by atoms with Gasteiger partial charge in [0.1, 0.15) is 11.6 Å². The van der Waals surface area contributed by atoms with Crippen molar-refractivity contribution in [3.05, 3.63) is 35.0 Å². The van der Waals surface area contributed by atoms with Gasteiger partial charge in [-0.2, -0.15) is 0 Å². The molecule has 6 nitrogen and oxygen atoms in total. The summed E-state index contributed by atoms with van der Waals surface area (Å²) in [6.45, 7) is 6.18. The van der Waals surface area contributed by atoms with E-state index in [1.807, 2.05) is 19.3 Å². The lowest BCUT2D eigenvalue weighted by Gasteiger charge is -2.41. The molecular formula is C19H26N6. The summed E-state index contributed by atoms with van der Waals surface area (Å²) in [5.41, 5.74) is 9.68. The van der Waals surface area contributed by atoms with Crippen LogP contribution in [0.3, 0.4) is 0 Å². The molecule has 1 saturated heterocycles. The van der Waals surface area contributed by atoms with Crippen LogP contribution >= 0.6 is 0 Å². The smallest absolute Gasteiger partial charge is 0.220 e. The molecule has 2 aliphatic rings. The molecule has 2 aromatic rings. The fourth-order valence-electron chi connectivity index (χ4n) is 4.47. The number of nitrogen functional groups attached to an aromatic ring is 1. The van der Waals surface area contributed by atoms with Crippen LogP contribution < -0.4 is 10.6 Å². The summed E-state index contributed by atoms with van der Waals surface area (Å²) >= 11 is 0. The Balaban J connectivity index is 1.70. The van der Waals surface area contributed by atoms with E-state index in [9.17, 15) is 0 Å². The molecule has 1 unspecified atom stereocenters. The molecule has 2 N–H and O–H groups in total. The highest BCUT2D eigenvalue weighted by Crippen LogP contribution is 2.44. The number of nitrogens with zero attached hydrogens (tertiary/aromatic N) is 5. The molecule has 25 heavy (non-hydrogen) atoms. The Hall–Kier alpha value is -2.24. The first-order valence-electron chi connectivity index (χ1n) is 9.31. The van der Waals surface area contributed by atoms with E-state index in [1.54, 1.807) is 0 Å². The monoisotopic (exact) mass is 338 g/mol. The highest BCUT2D eigenvalue weighted by atomic mass is 15.2. The van der Waals surface area contributed by atoms with E-state index in [2.05, 4.69) is 26.8 Å². The van der Waals surface area contributed by atoms with Crippen LogP contribution in [0.5, 0.6) is 0 Å². The molecule has 0 radical (unpaired) electrons. The van der Waals surface area contributed by atoms with Gasteiger partial charge in [-0.15, -0.1) is 0 Å². The molecule has 0 aromatic carbocycles. The number of hydrogen-bond donors (Lipinski definition) is 1. The zero-order valence-electron chi connectivity index (χ0n) is 15.1. The molecule has 1 spiro atoms. The zero-order valence-corrected chi connectivity index (χ0v) is 15.1. The van der Waals surface area contributed by atoms with Crippen LogP contribution in [-0.2, 0) is 18.3 Å². The first kappa shape index (κ1) is 16.2. The van der Waals surface area contributed by atoms with Gasteiger partial charge < -0.3 is 10.6 Å². The Morgan fingerprint density at radius 2 is 2.08 bits per heavy atom. The van der Waals surface area contributed by atoms with Crippen LogP contribution in [0.1, 0.15) is 55.3 Å². The van der Waals surface area contributed by atoms with Gasteiger partial charge in [0.15, 0.2) is 0 Å². The van der Waals surface area contributed by atoms with Crippen LogP contribution in [-0.4, -0.2) is 33.0 Å². The lowest BCUT2D eigenvalue weighted by Crippen LogP contribution is -2.46. The van der Waals surface area contributed by atoms with Gasteiger partial charge in [-0.25, -0.2) is 19.9 Å². The van der Waals surface area contributed by atoms with Crippen molar-refractivity contribution in [2.45, 2.75) is 57.8 Å². The lowest BCUT2D eigenvalue weighted by atomic mass is 9.77. The van der Waals surface area contributed by atoms with Gasteiger partial charge >= 0.3 is 0 Å². The molecule has 6 heteroatoms. The number of anilines is 2. The van der Waals surface area contributed by atoms with Gasteiger partial charge in [-0.05, 0) is 44.6 Å². The predicted molar refractivity (Wildman–Crippen MR) is 98.7 cm³/mol. The average Bonchev–Trinajstić information content (AvgIpc) is 2.94. The van der Waals surface area contributed by atoms with Crippen LogP contribution in [0, 0.1) is 6.92 Å². The van der Waals surface area contributed by atoms with Crippen molar-refractivity contribution in [3.63, 3.8) is 0 Å². The van der Waals surface area contributed by atoms with Gasteiger partial charge in [0.2, 0.25) is 5.95 Å². The number of hydrogen-bond acceptors (Lipinski definition) is 6. The van der Waals surface area contributed by atoms with Gasteiger partial charge in [0.05, 0.1) is 5.69 Å². The van der Waals surface area contributed by atoms with E-state index in [0.29, 0.717) is 5.95 Å². The average molecular weight is 338 g/mol. The summed E-state index contributed by atoms with van der Waals surface area (Å²) < 4.78 is 0. The second-order valence-corrected chi connectivity index (χ2v) is 7.42. The number of fused-ring (bicyclic) bond motifs is 2. The maximum Gasteiger partial charge on any atom is 0.220 e. The predicted octanol–water partition coefficient (Wildman–Crippen LogP) is 2.59. The fourth-order valence-corrected chi connectivity index (χ4v) is 4.47. The second-order valence-electron chi connectivity index (χ2n) is 7.42. The summed E-state index contributed by atoms with van der Waals surface area (Å²) in [6.07, 6.45) is 10.5. The first-order chi connectivity index (χ1) is 12.1. The van der Waals surface area contributed by atoms with Gasteiger partial charge in [-0.1, -0.05) is 13.3 Å². The number of rotatable bonds is 3. The Kier molecular flexibility index (Phi) is 4.06. The molecule has 1 aliphatic heterocycles. The van der Waals surface area contributed by atoms with Crippen molar-refractivity contribution in [2.24, 2.45) is 0 Å². The summed E-state index contributed by atoms with van der Waals surface area (Å²) in [7, 11) is 0. The van der Waals surface area contributed by atoms with E-state index < -0.39 is 0 Å². The molecule has 0 saturated carbocycles. The molecule has 1 fully saturated rings. The number of nitrogens with two attached hydrogens (primary N) is 1. The Morgan fingerprint density at radius 1 is 1.20 bits per heavy atom. The van der Waals surface area contributed by atoms with E-state index in [-0.39, 0.29) is 5.41 Å². The molecule has 1 aliphatic carbocycles. The normalized spacial score (nSPS) is 22.4. The Morgan fingerprint density at radius 3 is 2.92 bits per heavy atom. The maximum absolute atomic E-state index is 5.89. The summed E-state index contributed by atoms with van der Waals surface area (Å²) in [5.74, 6) is 2.35. The van der Waals surface area contributed by atoms with Crippen LogP contribution in [0.25, 0.3) is 0 Å². The number of piperidine rings is 1. The third-order valence-corrected chi connectivity index (χ3v) is 5.62. The zero-order chi connectivity index (χ0) is 17.4. The van der Waals surface area contributed by atoms with Crippen molar-refractivity contribution in [1.29, 1.82) is 0 Å². The van der Waals surface area contributed by atoms with Gasteiger partial charge in [0.25, 0.3) is 0 Å². The van der Waals surface area contributed by atoms with Gasteiger partial charge in [-0.3, -0.25) is 0 Å². The first-order valence-corrected chi connectivity index (χ1v) is 9.31. The van der Waals surface area contributed by atoms with Crippen molar-refractivity contribution in [1.82, 2.24) is 19.9 Å². The summed E-state index contributed by atoms with van der Waals surface area (Å²) in [5, 5.41) is 0. The standard InChI is InChI=1S/C19H26N6/c1-3-5-15-11-21-13(2)23-17(15)25-9-4-7-19(12-25)8-6-14-10-22-18(20)24-16(14)19/h10-11H,3-9,12H2,1-2H3,(H2,20,22,24). The van der Waals surface area contributed by atoms with Crippen LogP contribution in [0.4, 0.5) is 11.8 Å². The van der Waals surface area contributed by atoms with Gasteiger partial charge in [0, 0.05) is 36.5 Å². The molecule has 1 atom stereocenters. The van der Waals surface area contributed by atoms with Crippen molar-refractivity contribution >= 4 is 11.8 Å². The number of aromatic nitrogens is 4. The minimum absolute atomic E-state index is 0.0903.